The summed E-state index contributed by atoms with van der Waals surface area (Å²) in [5, 5.41) is 17.0. The van der Waals surface area contributed by atoms with Gasteiger partial charge in [-0.05, 0) is 19.4 Å². The third kappa shape index (κ3) is 10.9. The van der Waals surface area contributed by atoms with Crippen LogP contribution in [0, 0.1) is 0 Å². The minimum atomic E-state index is -0.921. The van der Waals surface area contributed by atoms with E-state index >= 15 is 0 Å². The van der Waals surface area contributed by atoms with Crippen LogP contribution in [0.3, 0.4) is 0 Å². The van der Waals surface area contributed by atoms with Crippen LogP contribution in [0.2, 0.25) is 0 Å². The van der Waals surface area contributed by atoms with Crippen molar-refractivity contribution in [1.82, 2.24) is 4.90 Å². The second-order valence-electron chi connectivity index (χ2n) is 4.09. The molecule has 0 radical (unpaired) electrons. The molecule has 104 valence electrons. The SMILES string of the molecule is NC(=O)CN(CCCCCC(=O)O)CCC(=O)O. The highest BCUT2D eigenvalue weighted by atomic mass is 16.4. The molecule has 0 aromatic rings. The van der Waals surface area contributed by atoms with Gasteiger partial charge in [0.1, 0.15) is 0 Å². The number of hydrogen-bond acceptors (Lipinski definition) is 4. The molecule has 0 heterocycles. The number of carbonyl (C=O) groups excluding carboxylic acids is 1. The Hall–Kier alpha value is -1.63. The Balaban J connectivity index is 3.81. The van der Waals surface area contributed by atoms with Crippen LogP contribution in [-0.2, 0) is 14.4 Å². The molecule has 7 nitrogen and oxygen atoms in total. The predicted molar refractivity (Wildman–Crippen MR) is 64.0 cm³/mol. The first-order valence-corrected chi connectivity index (χ1v) is 5.86. The summed E-state index contributed by atoms with van der Waals surface area (Å²) in [5.74, 6) is -2.24. The number of nitrogens with zero attached hydrogens (tertiary/aromatic N) is 1. The third-order valence-electron chi connectivity index (χ3n) is 2.39. The summed E-state index contributed by atoms with van der Waals surface area (Å²) in [6, 6.07) is 0. The summed E-state index contributed by atoms with van der Waals surface area (Å²) in [7, 11) is 0. The first-order valence-electron chi connectivity index (χ1n) is 5.86. The van der Waals surface area contributed by atoms with E-state index in [0.29, 0.717) is 13.0 Å². The number of nitrogens with two attached hydrogens (primary N) is 1. The average molecular weight is 260 g/mol. The first-order chi connectivity index (χ1) is 8.41. The summed E-state index contributed by atoms with van der Waals surface area (Å²) >= 11 is 0. The van der Waals surface area contributed by atoms with Crippen LogP contribution >= 0.6 is 0 Å². The Labute approximate surface area is 106 Å². The molecule has 0 spiro atoms. The van der Waals surface area contributed by atoms with Crippen molar-refractivity contribution in [2.45, 2.75) is 32.1 Å². The molecule has 0 aliphatic rings. The predicted octanol–water partition coefficient (Wildman–Crippen LogP) is -0.107. The van der Waals surface area contributed by atoms with Gasteiger partial charge in [0.05, 0.1) is 13.0 Å². The standard InChI is InChI=1S/C11H20N2O5/c12-9(14)8-13(7-5-11(17)18)6-3-1-2-4-10(15)16/h1-8H2,(H2,12,14)(H,15,16)(H,17,18). The van der Waals surface area contributed by atoms with Crippen LogP contribution in [0.15, 0.2) is 0 Å². The smallest absolute Gasteiger partial charge is 0.304 e. The number of carboxylic acid groups (broad SMARTS) is 2. The van der Waals surface area contributed by atoms with Gasteiger partial charge in [-0.15, -0.1) is 0 Å². The highest BCUT2D eigenvalue weighted by Gasteiger charge is 2.10. The molecule has 0 saturated heterocycles. The molecule has 0 aliphatic heterocycles. The molecule has 0 atom stereocenters. The molecule has 1 amide bonds. The maximum absolute atomic E-state index is 10.8. The maximum atomic E-state index is 10.8. The Morgan fingerprint density at radius 3 is 2.00 bits per heavy atom. The van der Waals surface area contributed by atoms with Crippen LogP contribution < -0.4 is 5.73 Å². The van der Waals surface area contributed by atoms with Gasteiger partial charge in [-0.3, -0.25) is 19.3 Å². The quantitative estimate of drug-likeness (QED) is 0.446. The number of hydrogen-bond donors (Lipinski definition) is 3. The van der Waals surface area contributed by atoms with Crippen molar-refractivity contribution in [2.24, 2.45) is 5.73 Å². The molecule has 0 bridgehead atoms. The van der Waals surface area contributed by atoms with Gasteiger partial charge in [0.25, 0.3) is 0 Å². The van der Waals surface area contributed by atoms with Crippen molar-refractivity contribution in [3.8, 4) is 0 Å². The zero-order chi connectivity index (χ0) is 14.0. The maximum Gasteiger partial charge on any atom is 0.304 e. The van der Waals surface area contributed by atoms with E-state index in [1.54, 1.807) is 4.90 Å². The zero-order valence-electron chi connectivity index (χ0n) is 10.3. The van der Waals surface area contributed by atoms with Crippen LogP contribution in [0.5, 0.6) is 0 Å². The van der Waals surface area contributed by atoms with E-state index in [-0.39, 0.29) is 25.9 Å². The zero-order valence-corrected chi connectivity index (χ0v) is 10.3. The lowest BCUT2D eigenvalue weighted by Gasteiger charge is -2.19. The number of carbonyl (C=O) groups is 3. The van der Waals surface area contributed by atoms with Crippen molar-refractivity contribution in [3.63, 3.8) is 0 Å². The fourth-order valence-corrected chi connectivity index (χ4v) is 1.53. The molecule has 0 rings (SSSR count). The van der Waals surface area contributed by atoms with Gasteiger partial charge in [0, 0.05) is 13.0 Å². The number of primary amides is 1. The number of rotatable bonds is 11. The first kappa shape index (κ1) is 16.4. The van der Waals surface area contributed by atoms with Gasteiger partial charge in [0.15, 0.2) is 0 Å². The largest absolute Gasteiger partial charge is 0.481 e. The minimum Gasteiger partial charge on any atom is -0.481 e. The summed E-state index contributed by atoms with van der Waals surface area (Å²) in [6.45, 7) is 0.860. The van der Waals surface area contributed by atoms with E-state index < -0.39 is 17.8 Å². The van der Waals surface area contributed by atoms with Gasteiger partial charge >= 0.3 is 11.9 Å². The number of carboxylic acids is 2. The molecule has 4 N–H and O–H groups in total. The van der Waals surface area contributed by atoms with Crippen LogP contribution in [-0.4, -0.2) is 52.6 Å². The molecule has 0 saturated carbocycles. The van der Waals surface area contributed by atoms with Crippen molar-refractivity contribution in [2.75, 3.05) is 19.6 Å². The molecule has 0 fully saturated rings. The molecular weight excluding hydrogens is 240 g/mol. The van der Waals surface area contributed by atoms with Crippen LogP contribution in [0.1, 0.15) is 32.1 Å². The van der Waals surface area contributed by atoms with E-state index in [0.717, 1.165) is 12.8 Å². The highest BCUT2D eigenvalue weighted by molar-refractivity contribution is 5.76. The Bertz CT molecular complexity index is 293. The second-order valence-corrected chi connectivity index (χ2v) is 4.09. The monoisotopic (exact) mass is 260 g/mol. The molecule has 7 heteroatoms. The lowest BCUT2D eigenvalue weighted by Crippen LogP contribution is -2.36. The number of aliphatic carboxylic acids is 2. The summed E-state index contributed by atoms with van der Waals surface area (Å²) < 4.78 is 0. The number of amides is 1. The molecule has 18 heavy (non-hydrogen) atoms. The van der Waals surface area contributed by atoms with E-state index in [4.69, 9.17) is 15.9 Å². The topological polar surface area (TPSA) is 121 Å². The number of unbranched alkanes of at least 4 members (excludes halogenated alkanes) is 2. The molecule has 0 aromatic carbocycles. The fraction of sp³-hybridized carbons (Fsp3) is 0.727. The summed E-state index contributed by atoms with van der Waals surface area (Å²) in [4.78, 5) is 33.2. The van der Waals surface area contributed by atoms with E-state index in [2.05, 4.69) is 0 Å². The average Bonchev–Trinajstić information content (AvgIpc) is 2.23. The lowest BCUT2D eigenvalue weighted by molar-refractivity contribution is -0.138. The Morgan fingerprint density at radius 1 is 0.889 bits per heavy atom. The molecule has 0 unspecified atom stereocenters. The van der Waals surface area contributed by atoms with Gasteiger partial charge < -0.3 is 15.9 Å². The van der Waals surface area contributed by atoms with E-state index in [9.17, 15) is 14.4 Å². The molecule has 0 aromatic heterocycles. The van der Waals surface area contributed by atoms with Gasteiger partial charge in [-0.1, -0.05) is 6.42 Å². The molecule has 0 aliphatic carbocycles. The van der Waals surface area contributed by atoms with Gasteiger partial charge in [0.2, 0.25) is 5.91 Å². The highest BCUT2D eigenvalue weighted by Crippen LogP contribution is 2.02. The summed E-state index contributed by atoms with van der Waals surface area (Å²) in [5.41, 5.74) is 5.06. The van der Waals surface area contributed by atoms with Gasteiger partial charge in [-0.25, -0.2) is 0 Å². The Kier molecular flexibility index (Phi) is 8.55. The van der Waals surface area contributed by atoms with Crippen molar-refractivity contribution < 1.29 is 24.6 Å². The minimum absolute atomic E-state index is 0.0339. The van der Waals surface area contributed by atoms with Crippen LogP contribution in [0.4, 0.5) is 0 Å². The van der Waals surface area contributed by atoms with Crippen molar-refractivity contribution in [1.29, 1.82) is 0 Å². The fourth-order valence-electron chi connectivity index (χ4n) is 1.53. The van der Waals surface area contributed by atoms with E-state index in [1.165, 1.54) is 0 Å². The third-order valence-corrected chi connectivity index (χ3v) is 2.39. The molecular formula is C11H20N2O5. The van der Waals surface area contributed by atoms with E-state index in [1.807, 2.05) is 0 Å². The lowest BCUT2D eigenvalue weighted by atomic mass is 10.2. The second kappa shape index (κ2) is 9.41. The Morgan fingerprint density at radius 2 is 1.50 bits per heavy atom. The van der Waals surface area contributed by atoms with Crippen molar-refractivity contribution >= 4 is 17.8 Å². The normalized spacial score (nSPS) is 10.5. The van der Waals surface area contributed by atoms with Gasteiger partial charge in [-0.2, -0.15) is 0 Å². The van der Waals surface area contributed by atoms with Crippen LogP contribution in [0.25, 0.3) is 0 Å². The van der Waals surface area contributed by atoms with Crippen molar-refractivity contribution in [3.05, 3.63) is 0 Å². The summed E-state index contributed by atoms with van der Waals surface area (Å²) in [6.07, 6.45) is 2.13.